The summed E-state index contributed by atoms with van der Waals surface area (Å²) in [6.07, 6.45) is 2.17. The van der Waals surface area contributed by atoms with Gasteiger partial charge in [-0.15, -0.1) is 0 Å². The van der Waals surface area contributed by atoms with Crippen LogP contribution in [0.5, 0.6) is 0 Å². The fourth-order valence-electron chi connectivity index (χ4n) is 3.66. The topological polar surface area (TPSA) is 55.7 Å². The van der Waals surface area contributed by atoms with E-state index in [9.17, 15) is 8.42 Å². The minimum absolute atomic E-state index is 0.0976. The van der Waals surface area contributed by atoms with Gasteiger partial charge in [-0.2, -0.15) is 0 Å². The Morgan fingerprint density at radius 3 is 2.32 bits per heavy atom. The number of nitrogens with zero attached hydrogens (tertiary/aromatic N) is 1. The molecule has 5 heteroatoms. The van der Waals surface area contributed by atoms with Crippen LogP contribution in [0.1, 0.15) is 36.5 Å². The van der Waals surface area contributed by atoms with Crippen molar-refractivity contribution in [2.45, 2.75) is 38.2 Å². The molecule has 0 N–H and O–H groups in total. The van der Waals surface area contributed by atoms with Gasteiger partial charge in [0.1, 0.15) is 6.61 Å². The molecule has 4 nitrogen and oxygen atoms in total. The van der Waals surface area contributed by atoms with E-state index in [1.807, 2.05) is 36.4 Å². The fraction of sp³-hybridized carbons (Fsp3) is 0.269. The number of benzene rings is 3. The minimum Gasteiger partial charge on any atom is -0.391 e. The molecule has 4 rings (SSSR count). The number of hydrogen-bond acceptors (Lipinski definition) is 4. The Kier molecular flexibility index (Phi) is 6.23. The SMILES string of the molecule is CCS(=O)(=O)c1ccc(/C(=N/OCc2cccc(-c3ccccc3)c2C)C2CC2)cc1. The van der Waals surface area contributed by atoms with Gasteiger partial charge in [0.05, 0.1) is 16.4 Å². The number of rotatable bonds is 8. The van der Waals surface area contributed by atoms with Crippen molar-refractivity contribution in [3.8, 4) is 11.1 Å². The lowest BCUT2D eigenvalue weighted by atomic mass is 9.97. The highest BCUT2D eigenvalue weighted by atomic mass is 32.2. The molecule has 0 amide bonds. The first-order valence-corrected chi connectivity index (χ1v) is 12.3. The lowest BCUT2D eigenvalue weighted by Gasteiger charge is -2.12. The number of oxime groups is 1. The summed E-state index contributed by atoms with van der Waals surface area (Å²) in [6.45, 7) is 4.16. The van der Waals surface area contributed by atoms with Crippen LogP contribution in [0.15, 0.2) is 82.8 Å². The Morgan fingerprint density at radius 1 is 0.968 bits per heavy atom. The molecule has 1 aliphatic carbocycles. The number of hydrogen-bond donors (Lipinski definition) is 0. The first kappa shape index (κ1) is 21.3. The lowest BCUT2D eigenvalue weighted by Crippen LogP contribution is -2.07. The molecule has 0 aromatic heterocycles. The van der Waals surface area contributed by atoms with Gasteiger partial charge < -0.3 is 4.84 Å². The summed E-state index contributed by atoms with van der Waals surface area (Å²) in [5.74, 6) is 0.478. The molecule has 0 aliphatic heterocycles. The van der Waals surface area contributed by atoms with Crippen molar-refractivity contribution < 1.29 is 13.3 Å². The highest BCUT2D eigenvalue weighted by Gasteiger charge is 2.29. The van der Waals surface area contributed by atoms with Gasteiger partial charge in [-0.25, -0.2) is 8.42 Å². The quantitative estimate of drug-likeness (QED) is 0.334. The van der Waals surface area contributed by atoms with E-state index >= 15 is 0 Å². The Labute approximate surface area is 184 Å². The van der Waals surface area contributed by atoms with Crippen LogP contribution in [0.4, 0.5) is 0 Å². The van der Waals surface area contributed by atoms with Crippen molar-refractivity contribution in [3.63, 3.8) is 0 Å². The maximum atomic E-state index is 12.1. The number of sulfone groups is 1. The zero-order chi connectivity index (χ0) is 21.8. The Hall–Kier alpha value is -2.92. The van der Waals surface area contributed by atoms with Crippen molar-refractivity contribution in [2.75, 3.05) is 5.75 Å². The van der Waals surface area contributed by atoms with E-state index in [1.165, 1.54) is 16.7 Å². The Bertz CT molecular complexity index is 1180. The highest BCUT2D eigenvalue weighted by Crippen LogP contribution is 2.34. The van der Waals surface area contributed by atoms with E-state index in [0.29, 0.717) is 17.4 Å². The molecular weight excluding hydrogens is 406 g/mol. The monoisotopic (exact) mass is 433 g/mol. The van der Waals surface area contributed by atoms with Gasteiger partial charge in [0, 0.05) is 5.92 Å². The molecule has 0 atom stereocenters. The molecule has 0 saturated heterocycles. The Balaban J connectivity index is 1.52. The van der Waals surface area contributed by atoms with E-state index in [4.69, 9.17) is 4.84 Å². The van der Waals surface area contributed by atoms with Gasteiger partial charge in [-0.05, 0) is 59.7 Å². The van der Waals surface area contributed by atoms with Crippen molar-refractivity contribution in [2.24, 2.45) is 11.1 Å². The molecule has 160 valence electrons. The maximum absolute atomic E-state index is 12.1. The molecule has 0 spiro atoms. The summed E-state index contributed by atoms with van der Waals surface area (Å²) < 4.78 is 24.1. The molecule has 1 saturated carbocycles. The van der Waals surface area contributed by atoms with Crippen LogP contribution in [0.25, 0.3) is 11.1 Å². The zero-order valence-corrected chi connectivity index (χ0v) is 18.7. The fourth-order valence-corrected chi connectivity index (χ4v) is 4.55. The summed E-state index contributed by atoms with van der Waals surface area (Å²) in [6, 6.07) is 23.6. The molecule has 31 heavy (non-hydrogen) atoms. The summed E-state index contributed by atoms with van der Waals surface area (Å²) >= 11 is 0. The van der Waals surface area contributed by atoms with Gasteiger partial charge in [0.25, 0.3) is 0 Å². The van der Waals surface area contributed by atoms with Gasteiger partial charge in [-0.1, -0.05) is 72.7 Å². The van der Waals surface area contributed by atoms with Crippen LogP contribution in [0, 0.1) is 12.8 Å². The van der Waals surface area contributed by atoms with Crippen LogP contribution in [0.3, 0.4) is 0 Å². The normalized spacial score (nSPS) is 14.5. The van der Waals surface area contributed by atoms with Crippen LogP contribution in [-0.2, 0) is 21.3 Å². The van der Waals surface area contributed by atoms with Crippen molar-refractivity contribution in [1.82, 2.24) is 0 Å². The average Bonchev–Trinajstić information content (AvgIpc) is 3.64. The largest absolute Gasteiger partial charge is 0.391 e. The molecule has 0 unspecified atom stereocenters. The van der Waals surface area contributed by atoms with Crippen LogP contribution >= 0.6 is 0 Å². The first-order valence-electron chi connectivity index (χ1n) is 10.7. The van der Waals surface area contributed by atoms with Gasteiger partial charge >= 0.3 is 0 Å². The standard InChI is InChI=1S/C26H27NO3S/c1-3-31(28,29)24-16-14-22(15-17-24)26(21-12-13-21)27-30-18-23-10-7-11-25(19(23)2)20-8-5-4-6-9-20/h4-11,14-17,21H,3,12-13,18H2,1-2H3/b27-26+. The molecular formula is C26H27NO3S. The van der Waals surface area contributed by atoms with Crippen molar-refractivity contribution in [1.29, 1.82) is 0 Å². The van der Waals surface area contributed by atoms with Crippen LogP contribution < -0.4 is 0 Å². The first-order chi connectivity index (χ1) is 15.0. The van der Waals surface area contributed by atoms with E-state index in [0.717, 1.165) is 29.7 Å². The highest BCUT2D eigenvalue weighted by molar-refractivity contribution is 7.91. The second-order valence-electron chi connectivity index (χ2n) is 7.91. The maximum Gasteiger partial charge on any atom is 0.178 e. The second-order valence-corrected chi connectivity index (χ2v) is 10.2. The lowest BCUT2D eigenvalue weighted by molar-refractivity contribution is 0.129. The third-order valence-corrected chi connectivity index (χ3v) is 7.52. The van der Waals surface area contributed by atoms with Gasteiger partial charge in [0.15, 0.2) is 9.84 Å². The minimum atomic E-state index is -3.20. The smallest absolute Gasteiger partial charge is 0.178 e. The molecule has 0 radical (unpaired) electrons. The summed E-state index contributed by atoms with van der Waals surface area (Å²) in [4.78, 5) is 6.15. The zero-order valence-electron chi connectivity index (χ0n) is 17.9. The van der Waals surface area contributed by atoms with Crippen LogP contribution in [-0.4, -0.2) is 19.9 Å². The van der Waals surface area contributed by atoms with Gasteiger partial charge in [-0.3, -0.25) is 0 Å². The van der Waals surface area contributed by atoms with Crippen molar-refractivity contribution >= 4 is 15.5 Å². The molecule has 0 bridgehead atoms. The van der Waals surface area contributed by atoms with E-state index < -0.39 is 9.84 Å². The predicted octanol–water partition coefficient (Wildman–Crippen LogP) is 5.79. The molecule has 0 heterocycles. The summed E-state index contributed by atoms with van der Waals surface area (Å²) in [5.41, 5.74) is 6.49. The van der Waals surface area contributed by atoms with E-state index in [2.05, 4.69) is 36.3 Å². The summed E-state index contributed by atoms with van der Waals surface area (Å²) in [5, 5.41) is 4.47. The summed E-state index contributed by atoms with van der Waals surface area (Å²) in [7, 11) is -3.20. The average molecular weight is 434 g/mol. The Morgan fingerprint density at radius 2 is 1.68 bits per heavy atom. The van der Waals surface area contributed by atoms with E-state index in [-0.39, 0.29) is 5.75 Å². The van der Waals surface area contributed by atoms with E-state index in [1.54, 1.807) is 19.1 Å². The molecule has 3 aromatic rings. The third kappa shape index (κ3) is 4.88. The third-order valence-electron chi connectivity index (χ3n) is 5.77. The molecule has 1 aliphatic rings. The molecule has 1 fully saturated rings. The van der Waals surface area contributed by atoms with Gasteiger partial charge in [0.2, 0.25) is 0 Å². The molecule has 3 aromatic carbocycles. The second kappa shape index (κ2) is 9.06. The van der Waals surface area contributed by atoms with Crippen LogP contribution in [0.2, 0.25) is 0 Å². The van der Waals surface area contributed by atoms with Crippen molar-refractivity contribution in [3.05, 3.63) is 89.5 Å². The predicted molar refractivity (Wildman–Crippen MR) is 125 cm³/mol.